The summed E-state index contributed by atoms with van der Waals surface area (Å²) in [5.41, 5.74) is 0.645. The fraction of sp³-hybridized carbons (Fsp3) is 0.571. The third kappa shape index (κ3) is 4.63. The van der Waals surface area contributed by atoms with Crippen molar-refractivity contribution in [1.29, 1.82) is 0 Å². The Morgan fingerprint density at radius 1 is 1.28 bits per heavy atom. The minimum absolute atomic E-state index is 0.00747. The molecule has 0 aliphatic rings. The van der Waals surface area contributed by atoms with E-state index in [9.17, 15) is 4.39 Å². The maximum atomic E-state index is 13.8. The topological polar surface area (TPSA) is 30.5 Å². The van der Waals surface area contributed by atoms with Crippen molar-refractivity contribution in [2.45, 2.75) is 26.3 Å². The lowest BCUT2D eigenvalue weighted by Gasteiger charge is -2.13. The molecule has 3 nitrogen and oxygen atoms in total. The number of benzene rings is 1. The van der Waals surface area contributed by atoms with Crippen LogP contribution in [0.3, 0.4) is 0 Å². The molecule has 0 heterocycles. The Morgan fingerprint density at radius 2 is 2.06 bits per heavy atom. The maximum absolute atomic E-state index is 13.8. The predicted molar refractivity (Wildman–Crippen MR) is 70.5 cm³/mol. The van der Waals surface area contributed by atoms with Crippen LogP contribution in [-0.4, -0.2) is 26.9 Å². The average molecular weight is 255 g/mol. The van der Waals surface area contributed by atoms with E-state index >= 15 is 0 Å². The summed E-state index contributed by atoms with van der Waals surface area (Å²) in [6, 6.07) is 4.94. The van der Waals surface area contributed by atoms with Gasteiger partial charge in [-0.25, -0.2) is 4.39 Å². The molecule has 4 heteroatoms. The molecule has 1 N–H and O–H groups in total. The Labute approximate surface area is 108 Å². The number of ether oxygens (including phenoxy) is 2. The third-order valence-corrected chi connectivity index (χ3v) is 2.72. The van der Waals surface area contributed by atoms with Crippen LogP contribution in [-0.2, 0) is 4.74 Å². The second kappa shape index (κ2) is 8.06. The summed E-state index contributed by atoms with van der Waals surface area (Å²) >= 11 is 0. The fourth-order valence-electron chi connectivity index (χ4n) is 1.57. The largest absolute Gasteiger partial charge is 0.491 e. The molecule has 0 fully saturated rings. The zero-order valence-corrected chi connectivity index (χ0v) is 11.3. The molecule has 1 aromatic carbocycles. The number of hydrogen-bond donors (Lipinski definition) is 1. The number of hydrogen-bond acceptors (Lipinski definition) is 3. The van der Waals surface area contributed by atoms with Crippen molar-refractivity contribution in [1.82, 2.24) is 5.32 Å². The van der Waals surface area contributed by atoms with Crippen molar-refractivity contribution in [3.63, 3.8) is 0 Å². The van der Waals surface area contributed by atoms with Gasteiger partial charge in [-0.2, -0.15) is 0 Å². The Hall–Kier alpha value is -1.13. The molecule has 1 rings (SSSR count). The van der Waals surface area contributed by atoms with Crippen LogP contribution >= 0.6 is 0 Å². The van der Waals surface area contributed by atoms with E-state index in [1.165, 1.54) is 6.07 Å². The highest BCUT2D eigenvalue weighted by molar-refractivity contribution is 5.30. The molecule has 0 amide bonds. The van der Waals surface area contributed by atoms with Gasteiger partial charge in [-0.3, -0.25) is 0 Å². The van der Waals surface area contributed by atoms with Gasteiger partial charge in [-0.05, 0) is 26.5 Å². The van der Waals surface area contributed by atoms with Gasteiger partial charge in [0.05, 0.1) is 6.61 Å². The van der Waals surface area contributed by atoms with Crippen molar-refractivity contribution < 1.29 is 13.9 Å². The molecule has 0 saturated heterocycles. The highest BCUT2D eigenvalue weighted by atomic mass is 19.1. The van der Waals surface area contributed by atoms with Gasteiger partial charge in [0.15, 0.2) is 0 Å². The van der Waals surface area contributed by atoms with E-state index in [1.54, 1.807) is 19.2 Å². The number of nitrogens with one attached hydrogen (secondary N) is 1. The van der Waals surface area contributed by atoms with Gasteiger partial charge < -0.3 is 14.8 Å². The normalized spacial score (nSPS) is 12.4. The summed E-state index contributed by atoms with van der Waals surface area (Å²) in [4.78, 5) is 0. The monoisotopic (exact) mass is 255 g/mol. The van der Waals surface area contributed by atoms with Crippen molar-refractivity contribution in [3.05, 3.63) is 29.6 Å². The van der Waals surface area contributed by atoms with Crippen LogP contribution < -0.4 is 10.1 Å². The highest BCUT2D eigenvalue weighted by Gasteiger charge is 2.09. The first kappa shape index (κ1) is 14.9. The lowest BCUT2D eigenvalue weighted by molar-refractivity contribution is 0.100. The second-order valence-electron chi connectivity index (χ2n) is 4.15. The minimum atomic E-state index is -0.246. The molecule has 0 radical (unpaired) electrons. The zero-order valence-electron chi connectivity index (χ0n) is 11.3. The molecule has 1 unspecified atom stereocenters. The van der Waals surface area contributed by atoms with Crippen LogP contribution in [0, 0.1) is 5.82 Å². The molecule has 0 aromatic heterocycles. The van der Waals surface area contributed by atoms with Gasteiger partial charge in [-0.15, -0.1) is 0 Å². The first-order chi connectivity index (χ1) is 8.69. The molecule has 0 spiro atoms. The number of rotatable bonds is 8. The maximum Gasteiger partial charge on any atom is 0.131 e. The van der Waals surface area contributed by atoms with Gasteiger partial charge in [0.1, 0.15) is 18.2 Å². The SMILES string of the molecule is CCCOCCOc1ccc(C(C)NC)c(F)c1. The highest BCUT2D eigenvalue weighted by Crippen LogP contribution is 2.21. The predicted octanol–water partition coefficient (Wildman–Crippen LogP) is 2.91. The van der Waals surface area contributed by atoms with E-state index in [2.05, 4.69) is 12.2 Å². The van der Waals surface area contributed by atoms with Crippen LogP contribution in [0.5, 0.6) is 5.75 Å². The Bertz CT molecular complexity index is 358. The van der Waals surface area contributed by atoms with Gasteiger partial charge in [-0.1, -0.05) is 13.0 Å². The van der Waals surface area contributed by atoms with E-state index < -0.39 is 0 Å². The summed E-state index contributed by atoms with van der Waals surface area (Å²) in [5, 5.41) is 3.01. The van der Waals surface area contributed by atoms with Gasteiger partial charge in [0.25, 0.3) is 0 Å². The Morgan fingerprint density at radius 3 is 2.67 bits per heavy atom. The quantitative estimate of drug-likeness (QED) is 0.724. The van der Waals surface area contributed by atoms with Crippen LogP contribution in [0.2, 0.25) is 0 Å². The van der Waals surface area contributed by atoms with Crippen LogP contribution in [0.1, 0.15) is 31.9 Å². The molecular formula is C14H22FNO2. The smallest absolute Gasteiger partial charge is 0.131 e. The van der Waals surface area contributed by atoms with E-state index in [0.29, 0.717) is 24.5 Å². The summed E-state index contributed by atoms with van der Waals surface area (Å²) in [7, 11) is 1.81. The first-order valence-corrected chi connectivity index (χ1v) is 6.36. The molecular weight excluding hydrogens is 233 g/mol. The molecule has 18 heavy (non-hydrogen) atoms. The van der Waals surface area contributed by atoms with E-state index in [1.807, 2.05) is 6.92 Å². The molecule has 0 bridgehead atoms. The fourth-order valence-corrected chi connectivity index (χ4v) is 1.57. The summed E-state index contributed by atoms with van der Waals surface area (Å²) < 4.78 is 24.5. The lowest BCUT2D eigenvalue weighted by Crippen LogP contribution is -2.14. The van der Waals surface area contributed by atoms with E-state index in [4.69, 9.17) is 9.47 Å². The lowest BCUT2D eigenvalue weighted by atomic mass is 10.1. The first-order valence-electron chi connectivity index (χ1n) is 6.36. The summed E-state index contributed by atoms with van der Waals surface area (Å²) in [5.74, 6) is 0.295. The number of halogens is 1. The van der Waals surface area contributed by atoms with Crippen molar-refractivity contribution in [2.75, 3.05) is 26.9 Å². The van der Waals surface area contributed by atoms with Gasteiger partial charge in [0, 0.05) is 24.3 Å². The Kier molecular flexibility index (Phi) is 6.68. The van der Waals surface area contributed by atoms with Crippen LogP contribution in [0.25, 0.3) is 0 Å². The van der Waals surface area contributed by atoms with E-state index in [-0.39, 0.29) is 11.9 Å². The summed E-state index contributed by atoms with van der Waals surface area (Å²) in [6.45, 7) is 5.68. The van der Waals surface area contributed by atoms with Crippen LogP contribution in [0.15, 0.2) is 18.2 Å². The third-order valence-electron chi connectivity index (χ3n) is 2.72. The Balaban J connectivity index is 2.46. The standard InChI is InChI=1S/C14H22FNO2/c1-4-7-17-8-9-18-12-5-6-13(11(2)16-3)14(15)10-12/h5-6,10-11,16H,4,7-9H2,1-3H3. The second-order valence-corrected chi connectivity index (χ2v) is 4.15. The van der Waals surface area contributed by atoms with Crippen molar-refractivity contribution >= 4 is 0 Å². The van der Waals surface area contributed by atoms with Gasteiger partial charge >= 0.3 is 0 Å². The molecule has 0 saturated carbocycles. The van der Waals surface area contributed by atoms with Crippen molar-refractivity contribution in [3.8, 4) is 5.75 Å². The zero-order chi connectivity index (χ0) is 13.4. The molecule has 1 atom stereocenters. The molecule has 102 valence electrons. The van der Waals surface area contributed by atoms with Gasteiger partial charge in [0.2, 0.25) is 0 Å². The van der Waals surface area contributed by atoms with E-state index in [0.717, 1.165) is 13.0 Å². The van der Waals surface area contributed by atoms with Crippen molar-refractivity contribution in [2.24, 2.45) is 0 Å². The minimum Gasteiger partial charge on any atom is -0.491 e. The summed E-state index contributed by atoms with van der Waals surface area (Å²) in [6.07, 6.45) is 0.991. The average Bonchev–Trinajstić information content (AvgIpc) is 2.38. The van der Waals surface area contributed by atoms with Crippen LogP contribution in [0.4, 0.5) is 4.39 Å². The molecule has 1 aromatic rings. The molecule has 0 aliphatic heterocycles. The molecule has 0 aliphatic carbocycles.